The zero-order valence-electron chi connectivity index (χ0n) is 12.3. The predicted octanol–water partition coefficient (Wildman–Crippen LogP) is 0.909. The van der Waals surface area contributed by atoms with Crippen LogP contribution >= 0.6 is 0 Å². The highest BCUT2D eigenvalue weighted by molar-refractivity contribution is 6.05. The number of imide groups is 1. The first-order chi connectivity index (χ1) is 8.90. The minimum atomic E-state index is -0.475. The van der Waals surface area contributed by atoms with E-state index in [9.17, 15) is 14.7 Å². The molecule has 5 nitrogen and oxygen atoms in total. The van der Waals surface area contributed by atoms with E-state index in [1.807, 2.05) is 13.8 Å². The second-order valence-corrected chi connectivity index (χ2v) is 5.79. The van der Waals surface area contributed by atoms with Crippen LogP contribution in [-0.2, 0) is 9.59 Å². The number of carbonyl (C=O) groups is 2. The summed E-state index contributed by atoms with van der Waals surface area (Å²) in [7, 11) is 0. The van der Waals surface area contributed by atoms with Crippen LogP contribution in [0.15, 0.2) is 0 Å². The fraction of sp³-hybridized carbons (Fsp3) is 0.857. The Morgan fingerprint density at radius 2 is 2.00 bits per heavy atom. The Hall–Kier alpha value is -0.940. The first-order valence-electron chi connectivity index (χ1n) is 7.13. The number of nitrogens with one attached hydrogen (secondary N) is 1. The highest BCUT2D eigenvalue weighted by Crippen LogP contribution is 2.19. The van der Waals surface area contributed by atoms with Gasteiger partial charge in [-0.15, -0.1) is 0 Å². The maximum atomic E-state index is 12.2. The summed E-state index contributed by atoms with van der Waals surface area (Å²) in [6.45, 7) is 7.96. The molecule has 1 saturated heterocycles. The summed E-state index contributed by atoms with van der Waals surface area (Å²) in [4.78, 5) is 25.5. The summed E-state index contributed by atoms with van der Waals surface area (Å²) in [5.41, 5.74) is 0. The molecule has 1 fully saturated rings. The summed E-state index contributed by atoms with van der Waals surface area (Å²) in [5, 5.41) is 12.5. The van der Waals surface area contributed by atoms with Gasteiger partial charge in [-0.2, -0.15) is 0 Å². The molecule has 5 heteroatoms. The molecule has 0 aromatic carbocycles. The van der Waals surface area contributed by atoms with Crippen LogP contribution in [0.3, 0.4) is 0 Å². The van der Waals surface area contributed by atoms with Gasteiger partial charge in [0.25, 0.3) is 0 Å². The number of carbonyl (C=O) groups excluding carboxylic acids is 2. The van der Waals surface area contributed by atoms with E-state index in [0.29, 0.717) is 5.92 Å². The summed E-state index contributed by atoms with van der Waals surface area (Å²) >= 11 is 0. The molecule has 110 valence electrons. The molecule has 0 aromatic rings. The highest BCUT2D eigenvalue weighted by atomic mass is 16.3. The van der Waals surface area contributed by atoms with Gasteiger partial charge in [0.1, 0.15) is 0 Å². The van der Waals surface area contributed by atoms with Crippen molar-refractivity contribution in [2.24, 2.45) is 5.92 Å². The molecule has 0 aliphatic carbocycles. The first-order valence-corrected chi connectivity index (χ1v) is 7.13. The molecular weight excluding hydrogens is 244 g/mol. The Morgan fingerprint density at radius 3 is 2.47 bits per heavy atom. The second-order valence-electron chi connectivity index (χ2n) is 5.79. The van der Waals surface area contributed by atoms with Crippen molar-refractivity contribution < 1.29 is 14.7 Å². The lowest BCUT2D eigenvalue weighted by Crippen LogP contribution is -2.47. The van der Waals surface area contributed by atoms with E-state index in [1.165, 1.54) is 4.90 Å². The van der Waals surface area contributed by atoms with Crippen molar-refractivity contribution in [1.29, 1.82) is 0 Å². The molecule has 0 aromatic heterocycles. The maximum Gasteiger partial charge on any atom is 0.247 e. The topological polar surface area (TPSA) is 69.6 Å². The molecular formula is C14H26N2O3. The van der Waals surface area contributed by atoms with Gasteiger partial charge in [0.15, 0.2) is 0 Å². The standard InChI is InChI=1S/C14H26N2O3/c1-5-10(4)16-13(18)7-12(14(16)19)15-11(8-17)6-9(2)3/h9-12,15,17H,5-8H2,1-4H3. The smallest absolute Gasteiger partial charge is 0.247 e. The van der Waals surface area contributed by atoms with Crippen molar-refractivity contribution in [2.45, 2.75) is 65.1 Å². The molecule has 0 bridgehead atoms. The molecule has 2 amide bonds. The van der Waals surface area contributed by atoms with Gasteiger partial charge in [-0.3, -0.25) is 14.5 Å². The fourth-order valence-electron chi connectivity index (χ4n) is 2.48. The number of likely N-dealkylation sites (tertiary alicyclic amines) is 1. The van der Waals surface area contributed by atoms with Gasteiger partial charge in [0.05, 0.1) is 19.1 Å². The van der Waals surface area contributed by atoms with E-state index in [2.05, 4.69) is 19.2 Å². The summed E-state index contributed by atoms with van der Waals surface area (Å²) in [6.07, 6.45) is 1.76. The number of hydrogen-bond donors (Lipinski definition) is 2. The van der Waals surface area contributed by atoms with Gasteiger partial charge in [-0.05, 0) is 25.7 Å². The molecule has 1 heterocycles. The van der Waals surface area contributed by atoms with Crippen LogP contribution in [0.5, 0.6) is 0 Å². The third-order valence-corrected chi connectivity index (χ3v) is 3.63. The van der Waals surface area contributed by atoms with Crippen LogP contribution in [0.25, 0.3) is 0 Å². The molecule has 3 atom stereocenters. The Bertz CT molecular complexity index is 331. The Labute approximate surface area is 115 Å². The molecule has 1 aliphatic heterocycles. The normalized spacial score (nSPS) is 23.3. The zero-order chi connectivity index (χ0) is 14.6. The Balaban J connectivity index is 2.65. The quantitative estimate of drug-likeness (QED) is 0.675. The molecule has 1 rings (SSSR count). The van der Waals surface area contributed by atoms with Crippen LogP contribution in [0.2, 0.25) is 0 Å². The minimum absolute atomic E-state index is 0.0144. The molecule has 1 aliphatic rings. The van der Waals surface area contributed by atoms with Crippen LogP contribution in [0, 0.1) is 5.92 Å². The summed E-state index contributed by atoms with van der Waals surface area (Å²) in [5.74, 6) is 0.169. The Kier molecular flexibility index (Phi) is 5.94. The third-order valence-electron chi connectivity index (χ3n) is 3.63. The summed E-state index contributed by atoms with van der Waals surface area (Å²) < 4.78 is 0. The number of rotatable bonds is 7. The van der Waals surface area contributed by atoms with Gasteiger partial charge in [-0.25, -0.2) is 0 Å². The predicted molar refractivity (Wildman–Crippen MR) is 73.5 cm³/mol. The molecule has 19 heavy (non-hydrogen) atoms. The average molecular weight is 270 g/mol. The maximum absolute atomic E-state index is 12.2. The molecule has 2 N–H and O–H groups in total. The van der Waals surface area contributed by atoms with Gasteiger partial charge in [0.2, 0.25) is 11.8 Å². The van der Waals surface area contributed by atoms with Crippen molar-refractivity contribution >= 4 is 11.8 Å². The molecule has 0 spiro atoms. The lowest BCUT2D eigenvalue weighted by atomic mass is 10.0. The van der Waals surface area contributed by atoms with Crippen LogP contribution in [0.4, 0.5) is 0 Å². The fourth-order valence-corrected chi connectivity index (χ4v) is 2.48. The SMILES string of the molecule is CCC(C)N1C(=O)CC(NC(CO)CC(C)C)C1=O. The van der Waals surface area contributed by atoms with E-state index in [-0.39, 0.29) is 36.9 Å². The van der Waals surface area contributed by atoms with E-state index in [1.54, 1.807) is 0 Å². The number of aliphatic hydroxyl groups is 1. The first kappa shape index (κ1) is 16.1. The highest BCUT2D eigenvalue weighted by Gasteiger charge is 2.41. The van der Waals surface area contributed by atoms with E-state index in [4.69, 9.17) is 0 Å². The van der Waals surface area contributed by atoms with E-state index in [0.717, 1.165) is 12.8 Å². The second kappa shape index (κ2) is 7.01. The largest absolute Gasteiger partial charge is 0.395 e. The molecule has 3 unspecified atom stereocenters. The van der Waals surface area contributed by atoms with Crippen molar-refractivity contribution in [2.75, 3.05) is 6.61 Å². The van der Waals surface area contributed by atoms with Gasteiger partial charge in [0, 0.05) is 12.1 Å². The van der Waals surface area contributed by atoms with Crippen molar-refractivity contribution in [3.63, 3.8) is 0 Å². The van der Waals surface area contributed by atoms with Crippen LogP contribution in [-0.4, -0.2) is 46.6 Å². The van der Waals surface area contributed by atoms with Crippen molar-refractivity contribution in [1.82, 2.24) is 10.2 Å². The van der Waals surface area contributed by atoms with E-state index < -0.39 is 6.04 Å². The number of aliphatic hydroxyl groups excluding tert-OH is 1. The molecule has 0 radical (unpaired) electrons. The zero-order valence-corrected chi connectivity index (χ0v) is 12.3. The lowest BCUT2D eigenvalue weighted by molar-refractivity contribution is -0.141. The van der Waals surface area contributed by atoms with Crippen LogP contribution in [0.1, 0.15) is 47.0 Å². The van der Waals surface area contributed by atoms with Crippen molar-refractivity contribution in [3.05, 3.63) is 0 Å². The third kappa shape index (κ3) is 4.01. The summed E-state index contributed by atoms with van der Waals surface area (Å²) in [6, 6.07) is -0.652. The van der Waals surface area contributed by atoms with E-state index >= 15 is 0 Å². The monoisotopic (exact) mass is 270 g/mol. The number of amides is 2. The number of hydrogen-bond acceptors (Lipinski definition) is 4. The van der Waals surface area contributed by atoms with Crippen LogP contribution < -0.4 is 5.32 Å². The van der Waals surface area contributed by atoms with Crippen molar-refractivity contribution in [3.8, 4) is 0 Å². The Morgan fingerprint density at radius 1 is 1.37 bits per heavy atom. The van der Waals surface area contributed by atoms with Gasteiger partial charge in [-0.1, -0.05) is 20.8 Å². The number of nitrogens with zero attached hydrogens (tertiary/aromatic N) is 1. The minimum Gasteiger partial charge on any atom is -0.395 e. The van der Waals surface area contributed by atoms with Gasteiger partial charge < -0.3 is 10.4 Å². The van der Waals surface area contributed by atoms with Gasteiger partial charge >= 0.3 is 0 Å². The average Bonchev–Trinajstić information content (AvgIpc) is 2.62. The molecule has 0 saturated carbocycles. The lowest BCUT2D eigenvalue weighted by Gasteiger charge is -2.24.